The van der Waals surface area contributed by atoms with Crippen LogP contribution in [0.3, 0.4) is 0 Å². The molecule has 0 radical (unpaired) electrons. The van der Waals surface area contributed by atoms with Crippen LogP contribution < -0.4 is 10.1 Å². The Balaban J connectivity index is 1.17. The van der Waals surface area contributed by atoms with Gasteiger partial charge in [-0.05, 0) is 73.6 Å². The molecule has 40 heavy (non-hydrogen) atoms. The van der Waals surface area contributed by atoms with Gasteiger partial charge in [-0.15, -0.1) is 0 Å². The number of aryl methyl sites for hydroxylation is 2. The number of furan rings is 1. The molecule has 0 atom stereocenters. The van der Waals surface area contributed by atoms with Gasteiger partial charge in [0.05, 0.1) is 30.2 Å². The number of carbonyl (C=O) groups excluding carboxylic acids is 1. The number of β-amino-alcohol motifs (C(OH)–C–C–N with tert-alkyl or cyclic N) is 1. The van der Waals surface area contributed by atoms with Crippen molar-refractivity contribution in [2.24, 2.45) is 0 Å². The second-order valence-electron chi connectivity index (χ2n) is 10.8. The molecule has 0 bridgehead atoms. The van der Waals surface area contributed by atoms with Crippen LogP contribution >= 0.6 is 0 Å². The highest BCUT2D eigenvalue weighted by Gasteiger charge is 2.40. The molecule has 10 heteroatoms. The van der Waals surface area contributed by atoms with Crippen molar-refractivity contribution in [2.45, 2.75) is 63.2 Å². The zero-order valence-electron chi connectivity index (χ0n) is 23.2. The summed E-state index contributed by atoms with van der Waals surface area (Å²) in [5.74, 6) is 0.787. The van der Waals surface area contributed by atoms with Crippen LogP contribution in [0.1, 0.15) is 51.2 Å². The maximum Gasteiger partial charge on any atom is 0.254 e. The summed E-state index contributed by atoms with van der Waals surface area (Å²) in [5.41, 5.74) is 3.95. The number of methoxy groups -OCH3 is 1. The molecular formula is C30H37N3O6S. The predicted molar refractivity (Wildman–Crippen MR) is 151 cm³/mol. The first-order valence-corrected chi connectivity index (χ1v) is 15.1. The molecule has 1 amide bonds. The third-order valence-corrected chi connectivity index (χ3v) is 9.69. The first-order chi connectivity index (χ1) is 19.1. The van der Waals surface area contributed by atoms with Gasteiger partial charge in [0.25, 0.3) is 5.91 Å². The first kappa shape index (κ1) is 28.4. The second-order valence-corrected chi connectivity index (χ2v) is 12.7. The molecule has 9 nitrogen and oxygen atoms in total. The molecule has 2 aromatic carbocycles. The monoisotopic (exact) mass is 567 g/mol. The molecule has 1 aliphatic carbocycles. The van der Waals surface area contributed by atoms with Crippen LogP contribution in [-0.4, -0.2) is 67.5 Å². The Morgan fingerprint density at radius 3 is 2.35 bits per heavy atom. The van der Waals surface area contributed by atoms with E-state index < -0.39 is 10.0 Å². The zero-order chi connectivity index (χ0) is 28.4. The molecule has 1 aromatic heterocycles. The molecule has 2 heterocycles. The fourth-order valence-corrected chi connectivity index (χ4v) is 7.29. The topological polar surface area (TPSA) is 112 Å². The Labute approximate surface area is 235 Å². The third kappa shape index (κ3) is 6.41. The Morgan fingerprint density at radius 2 is 1.75 bits per heavy atom. The van der Waals surface area contributed by atoms with E-state index in [1.165, 1.54) is 16.1 Å². The highest BCUT2D eigenvalue weighted by atomic mass is 32.2. The van der Waals surface area contributed by atoms with Crippen molar-refractivity contribution in [3.8, 4) is 5.75 Å². The number of sulfonamides is 1. The smallest absolute Gasteiger partial charge is 0.254 e. The van der Waals surface area contributed by atoms with Crippen molar-refractivity contribution in [1.29, 1.82) is 0 Å². The van der Waals surface area contributed by atoms with Crippen LogP contribution in [0.5, 0.6) is 5.75 Å². The van der Waals surface area contributed by atoms with Gasteiger partial charge in [0, 0.05) is 32.2 Å². The van der Waals surface area contributed by atoms with E-state index in [4.69, 9.17) is 9.15 Å². The molecule has 3 aromatic rings. The molecule has 2 N–H and O–H groups in total. The average molecular weight is 568 g/mol. The highest BCUT2D eigenvalue weighted by molar-refractivity contribution is 7.89. The van der Waals surface area contributed by atoms with E-state index in [9.17, 15) is 18.3 Å². The van der Waals surface area contributed by atoms with E-state index in [0.29, 0.717) is 41.2 Å². The van der Waals surface area contributed by atoms with E-state index in [-0.39, 0.29) is 29.5 Å². The van der Waals surface area contributed by atoms with Gasteiger partial charge in [0.1, 0.15) is 17.8 Å². The van der Waals surface area contributed by atoms with Gasteiger partial charge in [0.2, 0.25) is 10.0 Å². The Morgan fingerprint density at radius 1 is 1.10 bits per heavy atom. The number of hydrogen-bond acceptors (Lipinski definition) is 7. The van der Waals surface area contributed by atoms with Crippen molar-refractivity contribution >= 4 is 15.9 Å². The molecular weight excluding hydrogens is 530 g/mol. The standard InChI is InChI=1S/C30H37N3O6S/c1-20-12-27(38-3)13-21(2)29(20)40(36,37)33(25-8-9-25)18-28-14-24(19-39-28)30(35)31-11-10-22-4-6-23(7-5-22)15-32-16-26(34)17-32/h4-7,12-14,19,25-26,34H,8-11,15-18H2,1-3H3,(H,31,35). The summed E-state index contributed by atoms with van der Waals surface area (Å²) in [7, 11) is -2.23. The number of benzene rings is 2. The molecule has 1 saturated heterocycles. The van der Waals surface area contributed by atoms with E-state index in [2.05, 4.69) is 34.5 Å². The maximum atomic E-state index is 13.7. The van der Waals surface area contributed by atoms with Crippen LogP contribution in [0.4, 0.5) is 0 Å². The van der Waals surface area contributed by atoms with Crippen LogP contribution in [0.15, 0.2) is 58.0 Å². The average Bonchev–Trinajstić information content (AvgIpc) is 3.62. The molecule has 0 unspecified atom stereocenters. The minimum absolute atomic E-state index is 0.0634. The third-order valence-electron chi connectivity index (χ3n) is 7.48. The van der Waals surface area contributed by atoms with Crippen LogP contribution in [0, 0.1) is 13.8 Å². The summed E-state index contributed by atoms with van der Waals surface area (Å²) in [6, 6.07) is 13.3. The number of ether oxygens (including phenoxy) is 1. The van der Waals surface area contributed by atoms with E-state index >= 15 is 0 Å². The molecule has 5 rings (SSSR count). The predicted octanol–water partition coefficient (Wildman–Crippen LogP) is 3.41. The SMILES string of the molecule is COc1cc(C)c(S(=O)(=O)N(Cc2cc(C(=O)NCCc3ccc(CN4CC(O)C4)cc3)co2)C2CC2)c(C)c1. The lowest BCUT2D eigenvalue weighted by Gasteiger charge is -2.35. The minimum atomic E-state index is -3.79. The summed E-state index contributed by atoms with van der Waals surface area (Å²) < 4.78 is 39.9. The maximum absolute atomic E-state index is 13.7. The summed E-state index contributed by atoms with van der Waals surface area (Å²) >= 11 is 0. The largest absolute Gasteiger partial charge is 0.497 e. The van der Waals surface area contributed by atoms with E-state index in [0.717, 1.165) is 38.0 Å². The molecule has 2 fully saturated rings. The quantitative estimate of drug-likeness (QED) is 0.345. The number of aliphatic hydroxyl groups excluding tert-OH is 1. The number of aliphatic hydroxyl groups is 1. The van der Waals surface area contributed by atoms with Crippen molar-refractivity contribution < 1.29 is 27.5 Å². The van der Waals surface area contributed by atoms with Gasteiger partial charge in [-0.2, -0.15) is 4.31 Å². The van der Waals surface area contributed by atoms with Crippen molar-refractivity contribution in [2.75, 3.05) is 26.7 Å². The number of likely N-dealkylation sites (tertiary alicyclic amines) is 1. The fourth-order valence-electron chi connectivity index (χ4n) is 5.23. The molecule has 1 aliphatic heterocycles. The Kier molecular flexibility index (Phi) is 8.32. The lowest BCUT2D eigenvalue weighted by molar-refractivity contribution is -0.00286. The van der Waals surface area contributed by atoms with Gasteiger partial charge >= 0.3 is 0 Å². The molecule has 214 valence electrons. The molecule has 1 saturated carbocycles. The zero-order valence-corrected chi connectivity index (χ0v) is 24.0. The fraction of sp³-hybridized carbons (Fsp3) is 0.433. The summed E-state index contributed by atoms with van der Waals surface area (Å²) in [4.78, 5) is 15.2. The first-order valence-electron chi connectivity index (χ1n) is 13.6. The number of carbonyl (C=O) groups is 1. The van der Waals surface area contributed by atoms with Gasteiger partial charge in [-0.1, -0.05) is 24.3 Å². The highest BCUT2D eigenvalue weighted by Crippen LogP contribution is 2.36. The van der Waals surface area contributed by atoms with Crippen LogP contribution in [0.25, 0.3) is 0 Å². The minimum Gasteiger partial charge on any atom is -0.497 e. The summed E-state index contributed by atoms with van der Waals surface area (Å²) in [5, 5.41) is 12.3. The van der Waals surface area contributed by atoms with Gasteiger partial charge in [-0.25, -0.2) is 8.42 Å². The lowest BCUT2D eigenvalue weighted by atomic mass is 10.1. The van der Waals surface area contributed by atoms with Crippen molar-refractivity contribution in [1.82, 2.24) is 14.5 Å². The van der Waals surface area contributed by atoms with Gasteiger partial charge in [-0.3, -0.25) is 9.69 Å². The number of nitrogens with zero attached hydrogens (tertiary/aromatic N) is 2. The van der Waals surface area contributed by atoms with Crippen LogP contribution in [0.2, 0.25) is 0 Å². The van der Waals surface area contributed by atoms with Gasteiger partial charge < -0.3 is 19.6 Å². The van der Waals surface area contributed by atoms with Gasteiger partial charge in [0.15, 0.2) is 0 Å². The van der Waals surface area contributed by atoms with E-state index in [1.54, 1.807) is 39.2 Å². The number of hydrogen-bond donors (Lipinski definition) is 2. The van der Waals surface area contributed by atoms with Crippen molar-refractivity contribution in [3.05, 3.63) is 82.3 Å². The lowest BCUT2D eigenvalue weighted by Crippen LogP contribution is -2.49. The Hall–Kier alpha value is -3.18. The van der Waals surface area contributed by atoms with Crippen molar-refractivity contribution in [3.63, 3.8) is 0 Å². The van der Waals surface area contributed by atoms with E-state index in [1.807, 2.05) is 0 Å². The normalized spacial score (nSPS) is 16.2. The molecule has 0 spiro atoms. The number of rotatable bonds is 12. The number of amides is 1. The Bertz CT molecular complexity index is 1430. The summed E-state index contributed by atoms with van der Waals surface area (Å²) in [6.07, 6.45) is 3.46. The second kappa shape index (κ2) is 11.7. The number of nitrogens with one attached hydrogen (secondary N) is 1. The molecule has 2 aliphatic rings. The summed E-state index contributed by atoms with van der Waals surface area (Å²) in [6.45, 7) is 6.35. The van der Waals surface area contributed by atoms with Crippen LogP contribution in [-0.2, 0) is 29.5 Å².